The van der Waals surface area contributed by atoms with Crippen LogP contribution in [0.1, 0.15) is 46.5 Å². The maximum atomic E-state index is 11.8. The largest absolute Gasteiger partial charge is 0.259 e. The SMILES string of the molecule is CC1CCCCC1S(=O)C(C)C. The molecule has 1 saturated carbocycles. The van der Waals surface area contributed by atoms with Crippen LogP contribution in [0.4, 0.5) is 0 Å². The van der Waals surface area contributed by atoms with E-state index in [1.807, 2.05) is 0 Å². The third-order valence-corrected chi connectivity index (χ3v) is 5.02. The average Bonchev–Trinajstić information content (AvgIpc) is 2.04. The molecule has 0 heterocycles. The summed E-state index contributed by atoms with van der Waals surface area (Å²) < 4.78 is 11.8. The summed E-state index contributed by atoms with van der Waals surface area (Å²) in [4.78, 5) is 0. The minimum atomic E-state index is -0.588. The fourth-order valence-corrected chi connectivity index (χ4v) is 3.67. The van der Waals surface area contributed by atoms with E-state index in [9.17, 15) is 4.21 Å². The summed E-state index contributed by atoms with van der Waals surface area (Å²) in [5.74, 6) is 0.682. The van der Waals surface area contributed by atoms with Gasteiger partial charge in [-0.05, 0) is 18.8 Å². The molecule has 0 N–H and O–H groups in total. The van der Waals surface area contributed by atoms with Gasteiger partial charge in [-0.15, -0.1) is 0 Å². The van der Waals surface area contributed by atoms with Crippen LogP contribution in [0.2, 0.25) is 0 Å². The van der Waals surface area contributed by atoms with Crippen molar-refractivity contribution in [1.82, 2.24) is 0 Å². The molecule has 1 fully saturated rings. The van der Waals surface area contributed by atoms with Gasteiger partial charge in [0.25, 0.3) is 0 Å². The molecule has 3 atom stereocenters. The van der Waals surface area contributed by atoms with Gasteiger partial charge < -0.3 is 0 Å². The molecule has 12 heavy (non-hydrogen) atoms. The summed E-state index contributed by atoms with van der Waals surface area (Å²) in [6.45, 7) is 6.39. The molecule has 1 rings (SSSR count). The molecule has 0 aromatic carbocycles. The molecule has 0 bridgehead atoms. The van der Waals surface area contributed by atoms with Gasteiger partial charge >= 0.3 is 0 Å². The van der Waals surface area contributed by atoms with E-state index in [0.29, 0.717) is 16.4 Å². The second-order valence-corrected chi connectivity index (χ2v) is 6.38. The standard InChI is InChI=1S/C10H20OS/c1-8(2)12(11)10-7-5-4-6-9(10)3/h8-10H,4-7H2,1-3H3. The van der Waals surface area contributed by atoms with E-state index < -0.39 is 10.8 Å². The first-order valence-electron chi connectivity index (χ1n) is 5.02. The Morgan fingerprint density at radius 3 is 2.33 bits per heavy atom. The molecule has 0 aromatic heterocycles. The highest BCUT2D eigenvalue weighted by Gasteiger charge is 2.27. The van der Waals surface area contributed by atoms with Crippen LogP contribution in [0, 0.1) is 5.92 Å². The summed E-state index contributed by atoms with van der Waals surface area (Å²) in [5.41, 5.74) is 0. The molecule has 0 amide bonds. The fraction of sp³-hybridized carbons (Fsp3) is 1.00. The molecule has 0 aromatic rings. The summed E-state index contributed by atoms with van der Waals surface area (Å²) in [6.07, 6.45) is 5.09. The van der Waals surface area contributed by atoms with E-state index in [2.05, 4.69) is 20.8 Å². The van der Waals surface area contributed by atoms with Crippen molar-refractivity contribution >= 4 is 10.8 Å². The summed E-state index contributed by atoms with van der Waals surface area (Å²) in [6, 6.07) is 0. The Morgan fingerprint density at radius 1 is 1.25 bits per heavy atom. The zero-order chi connectivity index (χ0) is 9.14. The third-order valence-electron chi connectivity index (χ3n) is 2.80. The maximum absolute atomic E-state index is 11.8. The molecule has 0 radical (unpaired) electrons. The predicted octanol–water partition coefficient (Wildman–Crippen LogP) is 2.72. The van der Waals surface area contributed by atoms with E-state index in [4.69, 9.17) is 0 Å². The zero-order valence-electron chi connectivity index (χ0n) is 8.38. The van der Waals surface area contributed by atoms with Crippen molar-refractivity contribution in [3.8, 4) is 0 Å². The molecule has 1 aliphatic carbocycles. The van der Waals surface area contributed by atoms with Crippen molar-refractivity contribution in [2.24, 2.45) is 5.92 Å². The van der Waals surface area contributed by atoms with Gasteiger partial charge in [0, 0.05) is 21.3 Å². The van der Waals surface area contributed by atoms with Gasteiger partial charge in [-0.3, -0.25) is 4.21 Å². The van der Waals surface area contributed by atoms with Crippen LogP contribution in [-0.4, -0.2) is 14.7 Å². The van der Waals surface area contributed by atoms with Crippen LogP contribution in [0.25, 0.3) is 0 Å². The molecular formula is C10H20OS. The quantitative estimate of drug-likeness (QED) is 0.651. The lowest BCUT2D eigenvalue weighted by molar-refractivity contribution is 0.390. The van der Waals surface area contributed by atoms with Crippen LogP contribution in [0.5, 0.6) is 0 Å². The molecule has 3 unspecified atom stereocenters. The van der Waals surface area contributed by atoms with E-state index in [-0.39, 0.29) is 0 Å². The zero-order valence-corrected chi connectivity index (χ0v) is 9.19. The van der Waals surface area contributed by atoms with Crippen molar-refractivity contribution < 1.29 is 4.21 Å². The molecule has 1 aliphatic rings. The van der Waals surface area contributed by atoms with Crippen molar-refractivity contribution in [1.29, 1.82) is 0 Å². The van der Waals surface area contributed by atoms with Gasteiger partial charge in [-0.1, -0.05) is 33.6 Å². The van der Waals surface area contributed by atoms with Crippen LogP contribution in [-0.2, 0) is 10.8 Å². The molecular weight excluding hydrogens is 168 g/mol. The molecule has 1 nitrogen and oxygen atoms in total. The van der Waals surface area contributed by atoms with Gasteiger partial charge in [-0.2, -0.15) is 0 Å². The molecule has 0 saturated heterocycles. The summed E-state index contributed by atoms with van der Waals surface area (Å²) in [7, 11) is -0.588. The number of hydrogen-bond acceptors (Lipinski definition) is 1. The van der Waals surface area contributed by atoms with Crippen LogP contribution in [0.3, 0.4) is 0 Å². The molecule has 0 aliphatic heterocycles. The highest BCUT2D eigenvalue weighted by Crippen LogP contribution is 2.28. The lowest BCUT2D eigenvalue weighted by atomic mass is 9.90. The van der Waals surface area contributed by atoms with E-state index in [1.165, 1.54) is 25.7 Å². The van der Waals surface area contributed by atoms with E-state index >= 15 is 0 Å². The maximum Gasteiger partial charge on any atom is 0.0376 e. The first-order chi connectivity index (χ1) is 5.63. The van der Waals surface area contributed by atoms with Gasteiger partial charge in [0.05, 0.1) is 0 Å². The Balaban J connectivity index is 2.53. The van der Waals surface area contributed by atoms with Crippen LogP contribution < -0.4 is 0 Å². The van der Waals surface area contributed by atoms with Gasteiger partial charge in [0.15, 0.2) is 0 Å². The molecule has 72 valence electrons. The molecule has 0 spiro atoms. The normalized spacial score (nSPS) is 33.7. The Morgan fingerprint density at radius 2 is 1.83 bits per heavy atom. The van der Waals surface area contributed by atoms with Crippen molar-refractivity contribution in [2.75, 3.05) is 0 Å². The third kappa shape index (κ3) is 2.32. The van der Waals surface area contributed by atoms with Crippen molar-refractivity contribution in [3.05, 3.63) is 0 Å². The highest BCUT2D eigenvalue weighted by molar-refractivity contribution is 7.86. The Hall–Kier alpha value is 0.150. The fourth-order valence-electron chi connectivity index (χ4n) is 1.98. The van der Waals surface area contributed by atoms with Crippen LogP contribution in [0.15, 0.2) is 0 Å². The minimum Gasteiger partial charge on any atom is -0.259 e. The van der Waals surface area contributed by atoms with E-state index in [0.717, 1.165) is 0 Å². The van der Waals surface area contributed by atoms with E-state index in [1.54, 1.807) is 0 Å². The van der Waals surface area contributed by atoms with Crippen molar-refractivity contribution in [2.45, 2.75) is 57.0 Å². The molecule has 2 heteroatoms. The van der Waals surface area contributed by atoms with Gasteiger partial charge in [0.1, 0.15) is 0 Å². The first kappa shape index (κ1) is 10.2. The lowest BCUT2D eigenvalue weighted by Gasteiger charge is -2.29. The second-order valence-electron chi connectivity index (χ2n) is 4.18. The smallest absolute Gasteiger partial charge is 0.0376 e. The number of rotatable bonds is 2. The highest BCUT2D eigenvalue weighted by atomic mass is 32.2. The van der Waals surface area contributed by atoms with Crippen molar-refractivity contribution in [3.63, 3.8) is 0 Å². The minimum absolute atomic E-state index is 0.343. The average molecular weight is 188 g/mol. The first-order valence-corrected chi connectivity index (χ1v) is 6.30. The summed E-state index contributed by atoms with van der Waals surface area (Å²) >= 11 is 0. The van der Waals surface area contributed by atoms with Gasteiger partial charge in [-0.25, -0.2) is 0 Å². The monoisotopic (exact) mass is 188 g/mol. The lowest BCUT2D eigenvalue weighted by Crippen LogP contribution is -2.31. The Kier molecular flexibility index (Phi) is 3.76. The second kappa shape index (κ2) is 4.40. The summed E-state index contributed by atoms with van der Waals surface area (Å²) in [5, 5.41) is 0.828. The Bertz CT molecular complexity index is 165. The topological polar surface area (TPSA) is 17.1 Å². The predicted molar refractivity (Wildman–Crippen MR) is 54.7 cm³/mol. The Labute approximate surface area is 78.4 Å². The number of hydrogen-bond donors (Lipinski definition) is 0. The van der Waals surface area contributed by atoms with Gasteiger partial charge in [0.2, 0.25) is 0 Å². The van der Waals surface area contributed by atoms with Crippen LogP contribution >= 0.6 is 0 Å².